The third-order valence-electron chi connectivity index (χ3n) is 2.31. The fourth-order valence-corrected chi connectivity index (χ4v) is 1.61. The molecule has 94 valence electrons. The first-order valence-corrected chi connectivity index (χ1v) is 5.18. The highest BCUT2D eigenvalue weighted by Gasteiger charge is 2.17. The van der Waals surface area contributed by atoms with Gasteiger partial charge in [-0.15, -0.1) is 0 Å². The van der Waals surface area contributed by atoms with Gasteiger partial charge in [0.1, 0.15) is 16.4 Å². The number of halogens is 2. The topological polar surface area (TPSA) is 113 Å². The third kappa shape index (κ3) is 1.84. The smallest absolute Gasteiger partial charge is 0.269 e. The summed E-state index contributed by atoms with van der Waals surface area (Å²) in [7, 11) is 0. The van der Waals surface area contributed by atoms with Crippen LogP contribution in [-0.2, 0) is 0 Å². The van der Waals surface area contributed by atoms with Crippen LogP contribution in [0.15, 0.2) is 18.3 Å². The molecule has 0 spiro atoms. The van der Waals surface area contributed by atoms with Gasteiger partial charge in [-0.05, 0) is 12.1 Å². The Morgan fingerprint density at radius 2 is 2.06 bits per heavy atom. The van der Waals surface area contributed by atoms with Crippen LogP contribution in [0.5, 0.6) is 0 Å². The molecule has 2 rings (SSSR count). The molecule has 0 saturated carbocycles. The van der Waals surface area contributed by atoms with E-state index in [-0.39, 0.29) is 27.8 Å². The number of nitrogens with two attached hydrogens (primary N) is 3. The second kappa shape index (κ2) is 4.19. The quantitative estimate of drug-likeness (QED) is 0.704. The van der Waals surface area contributed by atoms with Crippen LogP contribution in [0.2, 0.25) is 5.02 Å². The highest BCUT2D eigenvalue weighted by molar-refractivity contribution is 6.33. The lowest BCUT2D eigenvalue weighted by Gasteiger charge is -2.10. The number of carbonyl (C=O) groups is 1. The molecule has 1 heterocycles. The van der Waals surface area contributed by atoms with Crippen molar-refractivity contribution in [1.82, 2.24) is 9.78 Å². The molecular weight excluding hydrogens is 261 g/mol. The van der Waals surface area contributed by atoms with Gasteiger partial charge in [-0.2, -0.15) is 5.10 Å². The SMILES string of the molecule is NC(=O)c1ccn(-c2c(N)cc(N)c(Cl)c2F)n1. The minimum atomic E-state index is -0.812. The zero-order chi connectivity index (χ0) is 13.4. The lowest BCUT2D eigenvalue weighted by atomic mass is 10.2. The highest BCUT2D eigenvalue weighted by atomic mass is 35.5. The van der Waals surface area contributed by atoms with E-state index >= 15 is 0 Å². The molecule has 2 aromatic rings. The molecule has 6 N–H and O–H groups in total. The van der Waals surface area contributed by atoms with Crippen molar-refractivity contribution in [3.05, 3.63) is 34.9 Å². The molecule has 8 heteroatoms. The molecule has 0 aliphatic carbocycles. The second-order valence-electron chi connectivity index (χ2n) is 3.54. The summed E-state index contributed by atoms with van der Waals surface area (Å²) >= 11 is 5.69. The average molecular weight is 270 g/mol. The number of nitrogens with zero attached hydrogens (tertiary/aromatic N) is 2. The zero-order valence-electron chi connectivity index (χ0n) is 9.02. The first-order chi connectivity index (χ1) is 8.41. The normalized spacial score (nSPS) is 10.6. The summed E-state index contributed by atoms with van der Waals surface area (Å²) in [5.41, 5.74) is 16.1. The lowest BCUT2D eigenvalue weighted by Crippen LogP contribution is -2.13. The largest absolute Gasteiger partial charge is 0.397 e. The van der Waals surface area contributed by atoms with Gasteiger partial charge in [0.15, 0.2) is 5.82 Å². The first-order valence-electron chi connectivity index (χ1n) is 4.80. The Balaban J connectivity index is 2.63. The van der Waals surface area contributed by atoms with Crippen LogP contribution in [0.1, 0.15) is 10.5 Å². The molecule has 1 aromatic heterocycles. The van der Waals surface area contributed by atoms with E-state index < -0.39 is 11.7 Å². The molecule has 6 nitrogen and oxygen atoms in total. The van der Waals surface area contributed by atoms with Gasteiger partial charge in [0.05, 0.1) is 11.4 Å². The maximum absolute atomic E-state index is 14.0. The van der Waals surface area contributed by atoms with Crippen LogP contribution in [0.3, 0.4) is 0 Å². The van der Waals surface area contributed by atoms with Crippen LogP contribution in [0, 0.1) is 5.82 Å². The summed E-state index contributed by atoms with van der Waals surface area (Å²) in [4.78, 5) is 10.9. The average Bonchev–Trinajstić information content (AvgIpc) is 2.75. The molecule has 0 radical (unpaired) electrons. The molecule has 1 amide bonds. The minimum absolute atomic E-state index is 0.0123. The highest BCUT2D eigenvalue weighted by Crippen LogP contribution is 2.32. The number of aromatic nitrogens is 2. The number of rotatable bonds is 2. The molecule has 1 aromatic carbocycles. The van der Waals surface area contributed by atoms with Crippen molar-refractivity contribution in [3.8, 4) is 5.69 Å². The van der Waals surface area contributed by atoms with E-state index in [9.17, 15) is 9.18 Å². The van der Waals surface area contributed by atoms with Crippen molar-refractivity contribution in [2.75, 3.05) is 11.5 Å². The molecule has 0 aliphatic heterocycles. The van der Waals surface area contributed by atoms with E-state index in [4.69, 9.17) is 28.8 Å². The Morgan fingerprint density at radius 1 is 1.39 bits per heavy atom. The van der Waals surface area contributed by atoms with Crippen LogP contribution in [-0.4, -0.2) is 15.7 Å². The summed E-state index contributed by atoms with van der Waals surface area (Å²) in [5.74, 6) is -1.54. The summed E-state index contributed by atoms with van der Waals surface area (Å²) in [6.07, 6.45) is 1.35. The van der Waals surface area contributed by atoms with Gasteiger partial charge in [-0.3, -0.25) is 4.79 Å². The number of amides is 1. The Morgan fingerprint density at radius 3 is 2.61 bits per heavy atom. The Kier molecular flexibility index (Phi) is 2.84. The van der Waals surface area contributed by atoms with Crippen LogP contribution in [0.4, 0.5) is 15.8 Å². The number of nitrogen functional groups attached to an aromatic ring is 2. The van der Waals surface area contributed by atoms with Crippen molar-refractivity contribution in [3.63, 3.8) is 0 Å². The Bertz CT molecular complexity index is 639. The van der Waals surface area contributed by atoms with Crippen molar-refractivity contribution < 1.29 is 9.18 Å². The van der Waals surface area contributed by atoms with Crippen molar-refractivity contribution in [1.29, 1.82) is 0 Å². The van der Waals surface area contributed by atoms with Gasteiger partial charge < -0.3 is 17.2 Å². The number of hydrogen-bond acceptors (Lipinski definition) is 4. The number of carbonyl (C=O) groups excluding carboxylic acids is 1. The lowest BCUT2D eigenvalue weighted by molar-refractivity contribution is 0.0995. The number of primary amides is 1. The van der Waals surface area contributed by atoms with Gasteiger partial charge in [0, 0.05) is 6.20 Å². The molecule has 0 unspecified atom stereocenters. The molecule has 0 saturated heterocycles. The molecule has 0 fully saturated rings. The van der Waals surface area contributed by atoms with Gasteiger partial charge in [-0.25, -0.2) is 9.07 Å². The molecule has 18 heavy (non-hydrogen) atoms. The minimum Gasteiger partial charge on any atom is -0.397 e. The number of hydrogen-bond donors (Lipinski definition) is 3. The predicted molar refractivity (Wildman–Crippen MR) is 65.9 cm³/mol. The van der Waals surface area contributed by atoms with Crippen molar-refractivity contribution >= 4 is 28.9 Å². The number of anilines is 2. The molecule has 0 atom stereocenters. The summed E-state index contributed by atoms with van der Waals surface area (Å²) in [5, 5.41) is 3.54. The van der Waals surface area contributed by atoms with Gasteiger partial charge in [0.2, 0.25) is 0 Å². The molecule has 0 bridgehead atoms. The number of benzene rings is 1. The zero-order valence-corrected chi connectivity index (χ0v) is 9.78. The van der Waals surface area contributed by atoms with E-state index in [1.54, 1.807) is 0 Å². The summed E-state index contributed by atoms with van der Waals surface area (Å²) in [6.45, 7) is 0. The predicted octanol–water partition coefficient (Wildman–Crippen LogP) is 0.928. The monoisotopic (exact) mass is 269 g/mol. The standard InChI is InChI=1S/C10H9ClFN5O/c11-7-4(13)3-5(14)9(8(7)12)17-2-1-6(16-17)10(15)18/h1-3H,13-14H2,(H2,15,18). The summed E-state index contributed by atoms with van der Waals surface area (Å²) < 4.78 is 15.0. The van der Waals surface area contributed by atoms with Gasteiger partial charge in [-0.1, -0.05) is 11.6 Å². The van der Waals surface area contributed by atoms with Crippen LogP contribution >= 0.6 is 11.6 Å². The molecule has 0 aliphatic rings. The first kappa shape index (κ1) is 12.2. The summed E-state index contributed by atoms with van der Waals surface area (Å²) in [6, 6.07) is 2.65. The fourth-order valence-electron chi connectivity index (χ4n) is 1.47. The van der Waals surface area contributed by atoms with E-state index in [1.165, 1.54) is 18.3 Å². The van der Waals surface area contributed by atoms with Crippen molar-refractivity contribution in [2.24, 2.45) is 5.73 Å². The Hall–Kier alpha value is -2.28. The molecular formula is C10H9ClFN5O. The van der Waals surface area contributed by atoms with E-state index in [0.29, 0.717) is 0 Å². The maximum atomic E-state index is 14.0. The van der Waals surface area contributed by atoms with Gasteiger partial charge in [0.25, 0.3) is 5.91 Å². The van der Waals surface area contributed by atoms with Crippen LogP contribution < -0.4 is 17.2 Å². The van der Waals surface area contributed by atoms with E-state index in [2.05, 4.69) is 5.10 Å². The van der Waals surface area contributed by atoms with Crippen LogP contribution in [0.25, 0.3) is 5.69 Å². The van der Waals surface area contributed by atoms with E-state index in [0.717, 1.165) is 4.68 Å². The Labute approximate surface area is 106 Å². The second-order valence-corrected chi connectivity index (χ2v) is 3.92. The van der Waals surface area contributed by atoms with Gasteiger partial charge >= 0.3 is 0 Å². The fraction of sp³-hybridized carbons (Fsp3) is 0. The van der Waals surface area contributed by atoms with Crippen molar-refractivity contribution in [2.45, 2.75) is 0 Å². The van der Waals surface area contributed by atoms with E-state index in [1.807, 2.05) is 0 Å². The maximum Gasteiger partial charge on any atom is 0.269 e. The third-order valence-corrected chi connectivity index (χ3v) is 2.69.